The van der Waals surface area contributed by atoms with E-state index < -0.39 is 0 Å². The highest BCUT2D eigenvalue weighted by Gasteiger charge is 2.17. The van der Waals surface area contributed by atoms with Crippen molar-refractivity contribution in [3.8, 4) is 11.1 Å². The number of anilines is 1. The Bertz CT molecular complexity index is 771. The fraction of sp³-hybridized carbons (Fsp3) is 0.188. The third-order valence-corrected chi connectivity index (χ3v) is 4.08. The second-order valence-corrected chi connectivity index (χ2v) is 5.12. The lowest BCUT2D eigenvalue weighted by Crippen LogP contribution is -1.97. The summed E-state index contributed by atoms with van der Waals surface area (Å²) in [5.41, 5.74) is 13.3. The number of fused-ring (bicyclic) bond motifs is 2. The van der Waals surface area contributed by atoms with Gasteiger partial charge in [0.15, 0.2) is 0 Å². The molecule has 19 heavy (non-hydrogen) atoms. The number of hydrogen-bond acceptors (Lipinski definition) is 2. The van der Waals surface area contributed by atoms with Crippen LogP contribution in [0.15, 0.2) is 36.7 Å². The van der Waals surface area contributed by atoms with Crippen molar-refractivity contribution in [2.75, 3.05) is 5.73 Å². The summed E-state index contributed by atoms with van der Waals surface area (Å²) in [7, 11) is 0. The van der Waals surface area contributed by atoms with Gasteiger partial charge in [0, 0.05) is 29.0 Å². The van der Waals surface area contributed by atoms with Gasteiger partial charge in [-0.3, -0.25) is 0 Å². The maximum atomic E-state index is 6.40. The van der Waals surface area contributed by atoms with Crippen LogP contribution in [0.25, 0.3) is 22.2 Å². The molecule has 0 spiro atoms. The number of nitrogen functional groups attached to an aromatic ring is 1. The molecule has 0 saturated heterocycles. The molecule has 1 aliphatic rings. The molecular weight excluding hydrogens is 234 g/mol. The van der Waals surface area contributed by atoms with E-state index in [-0.39, 0.29) is 0 Å². The van der Waals surface area contributed by atoms with E-state index in [1.807, 2.05) is 18.5 Å². The van der Waals surface area contributed by atoms with E-state index in [9.17, 15) is 0 Å². The van der Waals surface area contributed by atoms with Gasteiger partial charge in [-0.1, -0.05) is 12.1 Å². The SMILES string of the molecule is Nc1c(-c2ccnc3[nH]ccc23)ccc2c1CCC2. The largest absolute Gasteiger partial charge is 0.398 e. The molecule has 2 aromatic heterocycles. The Morgan fingerprint density at radius 3 is 2.95 bits per heavy atom. The first-order valence-corrected chi connectivity index (χ1v) is 6.67. The molecule has 3 nitrogen and oxygen atoms in total. The summed E-state index contributed by atoms with van der Waals surface area (Å²) in [6.07, 6.45) is 7.25. The van der Waals surface area contributed by atoms with Crippen LogP contribution in [0.2, 0.25) is 0 Å². The van der Waals surface area contributed by atoms with Gasteiger partial charge >= 0.3 is 0 Å². The first kappa shape index (κ1) is 10.6. The van der Waals surface area contributed by atoms with Gasteiger partial charge in [0.25, 0.3) is 0 Å². The van der Waals surface area contributed by atoms with Crippen LogP contribution >= 0.6 is 0 Å². The first-order chi connectivity index (χ1) is 9.34. The minimum atomic E-state index is 0.914. The van der Waals surface area contributed by atoms with Gasteiger partial charge in [-0.25, -0.2) is 4.98 Å². The summed E-state index contributed by atoms with van der Waals surface area (Å²) in [5.74, 6) is 0. The van der Waals surface area contributed by atoms with Gasteiger partial charge in [-0.15, -0.1) is 0 Å². The molecule has 1 aromatic carbocycles. The zero-order chi connectivity index (χ0) is 12.8. The third kappa shape index (κ3) is 1.48. The topological polar surface area (TPSA) is 54.7 Å². The predicted octanol–water partition coefficient (Wildman–Crippen LogP) is 3.30. The number of aromatic amines is 1. The molecule has 0 unspecified atom stereocenters. The summed E-state index contributed by atoms with van der Waals surface area (Å²) >= 11 is 0. The van der Waals surface area contributed by atoms with Crippen molar-refractivity contribution in [2.45, 2.75) is 19.3 Å². The fourth-order valence-electron chi connectivity index (χ4n) is 3.13. The van der Waals surface area contributed by atoms with Gasteiger partial charge < -0.3 is 10.7 Å². The van der Waals surface area contributed by atoms with Crippen molar-refractivity contribution in [1.29, 1.82) is 0 Å². The van der Waals surface area contributed by atoms with E-state index in [1.165, 1.54) is 23.1 Å². The zero-order valence-electron chi connectivity index (χ0n) is 10.6. The Morgan fingerprint density at radius 2 is 2.00 bits per heavy atom. The monoisotopic (exact) mass is 249 g/mol. The normalized spacial score (nSPS) is 13.9. The lowest BCUT2D eigenvalue weighted by atomic mass is 9.97. The van der Waals surface area contributed by atoms with E-state index in [1.54, 1.807) is 0 Å². The van der Waals surface area contributed by atoms with Gasteiger partial charge in [0.2, 0.25) is 0 Å². The molecule has 0 fully saturated rings. The van der Waals surface area contributed by atoms with Crippen LogP contribution in [-0.4, -0.2) is 9.97 Å². The molecule has 0 radical (unpaired) electrons. The van der Waals surface area contributed by atoms with E-state index in [0.717, 1.165) is 35.1 Å². The van der Waals surface area contributed by atoms with Crippen molar-refractivity contribution in [3.05, 3.63) is 47.8 Å². The molecule has 94 valence electrons. The quantitative estimate of drug-likeness (QED) is 0.650. The van der Waals surface area contributed by atoms with Crippen LogP contribution < -0.4 is 5.73 Å². The van der Waals surface area contributed by atoms with E-state index in [2.05, 4.69) is 28.2 Å². The standard InChI is InChI=1S/C16H15N3/c17-15-11-3-1-2-10(11)4-5-13(15)12-6-8-18-16-14(12)7-9-19-16/h4-9H,1-3,17H2,(H,18,19). The number of pyridine rings is 1. The lowest BCUT2D eigenvalue weighted by Gasteiger charge is -2.11. The fourth-order valence-corrected chi connectivity index (χ4v) is 3.13. The van der Waals surface area contributed by atoms with Crippen molar-refractivity contribution in [3.63, 3.8) is 0 Å². The zero-order valence-corrected chi connectivity index (χ0v) is 10.6. The van der Waals surface area contributed by atoms with E-state index in [0.29, 0.717) is 0 Å². The van der Waals surface area contributed by atoms with Crippen LogP contribution in [0.4, 0.5) is 5.69 Å². The summed E-state index contributed by atoms with van der Waals surface area (Å²) in [6.45, 7) is 0. The highest BCUT2D eigenvalue weighted by atomic mass is 14.8. The average Bonchev–Trinajstić information content (AvgIpc) is 3.07. The minimum absolute atomic E-state index is 0.914. The number of aryl methyl sites for hydroxylation is 1. The second kappa shape index (κ2) is 3.85. The summed E-state index contributed by atoms with van der Waals surface area (Å²) < 4.78 is 0. The second-order valence-electron chi connectivity index (χ2n) is 5.12. The number of rotatable bonds is 1. The van der Waals surface area contributed by atoms with Crippen LogP contribution in [0.3, 0.4) is 0 Å². The van der Waals surface area contributed by atoms with Gasteiger partial charge in [-0.2, -0.15) is 0 Å². The number of H-pyrrole nitrogens is 1. The van der Waals surface area contributed by atoms with Crippen molar-refractivity contribution >= 4 is 16.7 Å². The molecule has 0 saturated carbocycles. The van der Waals surface area contributed by atoms with Crippen molar-refractivity contribution in [1.82, 2.24) is 9.97 Å². The summed E-state index contributed by atoms with van der Waals surface area (Å²) in [5, 5.41) is 1.13. The summed E-state index contributed by atoms with van der Waals surface area (Å²) in [4.78, 5) is 7.48. The van der Waals surface area contributed by atoms with Crippen molar-refractivity contribution in [2.24, 2.45) is 0 Å². The average molecular weight is 249 g/mol. The molecule has 2 heterocycles. The molecule has 3 aromatic rings. The highest BCUT2D eigenvalue weighted by molar-refractivity contribution is 5.96. The highest BCUT2D eigenvalue weighted by Crippen LogP contribution is 2.37. The third-order valence-electron chi connectivity index (χ3n) is 4.08. The molecular formula is C16H15N3. The van der Waals surface area contributed by atoms with Gasteiger partial charge in [-0.05, 0) is 48.1 Å². The van der Waals surface area contributed by atoms with Crippen LogP contribution in [-0.2, 0) is 12.8 Å². The molecule has 3 N–H and O–H groups in total. The molecule has 1 aliphatic carbocycles. The predicted molar refractivity (Wildman–Crippen MR) is 78.0 cm³/mol. The number of nitrogens with one attached hydrogen (secondary N) is 1. The van der Waals surface area contributed by atoms with Gasteiger partial charge in [0.05, 0.1) is 0 Å². The lowest BCUT2D eigenvalue weighted by molar-refractivity contribution is 0.912. The van der Waals surface area contributed by atoms with Crippen LogP contribution in [0.1, 0.15) is 17.5 Å². The molecule has 0 bridgehead atoms. The molecule has 4 rings (SSSR count). The maximum absolute atomic E-state index is 6.40. The number of benzene rings is 1. The Balaban J connectivity index is 2.00. The number of nitrogens with zero attached hydrogens (tertiary/aromatic N) is 1. The number of nitrogens with two attached hydrogens (primary N) is 1. The van der Waals surface area contributed by atoms with Crippen molar-refractivity contribution < 1.29 is 0 Å². The number of hydrogen-bond donors (Lipinski definition) is 2. The van der Waals surface area contributed by atoms with Gasteiger partial charge in [0.1, 0.15) is 5.65 Å². The Labute approximate surface area is 111 Å². The number of aromatic nitrogens is 2. The molecule has 0 atom stereocenters. The maximum Gasteiger partial charge on any atom is 0.137 e. The Kier molecular flexibility index (Phi) is 2.15. The minimum Gasteiger partial charge on any atom is -0.398 e. The Morgan fingerprint density at radius 1 is 1.05 bits per heavy atom. The molecule has 0 amide bonds. The van der Waals surface area contributed by atoms with E-state index in [4.69, 9.17) is 5.73 Å². The van der Waals surface area contributed by atoms with Crippen LogP contribution in [0.5, 0.6) is 0 Å². The first-order valence-electron chi connectivity index (χ1n) is 6.67. The van der Waals surface area contributed by atoms with Crippen LogP contribution in [0, 0.1) is 0 Å². The molecule has 0 aliphatic heterocycles. The summed E-state index contributed by atoms with van der Waals surface area (Å²) in [6, 6.07) is 8.49. The molecule has 3 heteroatoms. The van der Waals surface area contributed by atoms with E-state index >= 15 is 0 Å². The Hall–Kier alpha value is -2.29. The smallest absolute Gasteiger partial charge is 0.137 e.